The third kappa shape index (κ3) is 5.34. The summed E-state index contributed by atoms with van der Waals surface area (Å²) >= 11 is 0. The second-order valence-corrected chi connectivity index (χ2v) is 8.45. The van der Waals surface area contributed by atoms with Gasteiger partial charge in [-0.2, -0.15) is 0 Å². The highest BCUT2D eigenvalue weighted by molar-refractivity contribution is 5.69. The molecule has 2 aliphatic rings. The van der Waals surface area contributed by atoms with E-state index in [9.17, 15) is 9.59 Å². The summed E-state index contributed by atoms with van der Waals surface area (Å²) < 4.78 is 5.37. The van der Waals surface area contributed by atoms with Crippen LogP contribution in [0.5, 0.6) is 0 Å². The van der Waals surface area contributed by atoms with Gasteiger partial charge in [0.1, 0.15) is 17.2 Å². The molecular weight excluding hydrogens is 344 g/mol. The molecular formula is C21H28N2O4. The molecule has 1 amide bonds. The van der Waals surface area contributed by atoms with Gasteiger partial charge in [-0.1, -0.05) is 30.3 Å². The summed E-state index contributed by atoms with van der Waals surface area (Å²) in [6.45, 7) is 6.61. The Hall–Kier alpha value is -2.30. The second-order valence-electron chi connectivity index (χ2n) is 8.45. The molecule has 2 fully saturated rings. The molecule has 1 aromatic carbocycles. The summed E-state index contributed by atoms with van der Waals surface area (Å²) in [7, 11) is 0. The maximum absolute atomic E-state index is 12.1. The van der Waals surface area contributed by atoms with Crippen LogP contribution >= 0.6 is 0 Å². The van der Waals surface area contributed by atoms with Crippen LogP contribution in [-0.2, 0) is 21.0 Å². The number of amides is 1. The number of rotatable bonds is 6. The Labute approximate surface area is 160 Å². The molecule has 0 spiro atoms. The van der Waals surface area contributed by atoms with Gasteiger partial charge < -0.3 is 10.1 Å². The fourth-order valence-corrected chi connectivity index (χ4v) is 3.45. The van der Waals surface area contributed by atoms with Gasteiger partial charge in [0, 0.05) is 18.0 Å². The Morgan fingerprint density at radius 1 is 1.30 bits per heavy atom. The molecule has 1 aromatic rings. The van der Waals surface area contributed by atoms with Gasteiger partial charge in [-0.15, -0.1) is 0 Å². The van der Waals surface area contributed by atoms with Crippen molar-refractivity contribution in [1.29, 1.82) is 0 Å². The predicted octanol–water partition coefficient (Wildman–Crippen LogP) is 3.60. The fourth-order valence-electron chi connectivity index (χ4n) is 3.45. The molecule has 1 saturated carbocycles. The SMILES string of the molecule is CC(C)(C)OC(=O)NC1(CC2CCN(OCc3ccccc3)C2=C=O)CC1. The van der Waals surface area contributed by atoms with Crippen LogP contribution < -0.4 is 5.32 Å². The standard InChI is InChI=1S/C21H28N2O4/c1-20(2,3)27-19(25)22-21(10-11-21)13-17-9-12-23(18(17)14-24)26-15-16-7-5-4-6-8-16/h4-8,17H,9-13,15H2,1-3H3,(H,22,25). The first-order chi connectivity index (χ1) is 12.8. The van der Waals surface area contributed by atoms with Crippen molar-refractivity contribution in [3.8, 4) is 0 Å². The van der Waals surface area contributed by atoms with Gasteiger partial charge >= 0.3 is 6.09 Å². The van der Waals surface area contributed by atoms with Crippen molar-refractivity contribution in [3.63, 3.8) is 0 Å². The lowest BCUT2D eigenvalue weighted by Crippen LogP contribution is -2.41. The first kappa shape index (κ1) is 19.5. The van der Waals surface area contributed by atoms with E-state index in [-0.39, 0.29) is 11.5 Å². The van der Waals surface area contributed by atoms with Gasteiger partial charge in [-0.25, -0.2) is 14.7 Å². The van der Waals surface area contributed by atoms with Gasteiger partial charge in [-0.3, -0.25) is 4.84 Å². The van der Waals surface area contributed by atoms with Gasteiger partial charge in [0.2, 0.25) is 0 Å². The van der Waals surface area contributed by atoms with E-state index in [0.717, 1.165) is 24.8 Å². The summed E-state index contributed by atoms with van der Waals surface area (Å²) in [4.78, 5) is 29.5. The monoisotopic (exact) mass is 372 g/mol. The summed E-state index contributed by atoms with van der Waals surface area (Å²) in [6.07, 6.45) is 2.94. The number of hydrogen-bond donors (Lipinski definition) is 1. The molecule has 27 heavy (non-hydrogen) atoms. The van der Waals surface area contributed by atoms with E-state index < -0.39 is 11.7 Å². The lowest BCUT2D eigenvalue weighted by atomic mass is 9.95. The average Bonchev–Trinajstić information content (AvgIpc) is 3.23. The number of ether oxygens (including phenoxy) is 1. The summed E-state index contributed by atoms with van der Waals surface area (Å²) in [6, 6.07) is 9.85. The first-order valence-corrected chi connectivity index (χ1v) is 9.51. The molecule has 0 aromatic heterocycles. The predicted molar refractivity (Wildman–Crippen MR) is 101 cm³/mol. The molecule has 3 rings (SSSR count). The maximum atomic E-state index is 12.1. The molecule has 6 heteroatoms. The minimum atomic E-state index is -0.524. The number of nitrogens with zero attached hydrogens (tertiary/aromatic N) is 1. The number of benzene rings is 1. The van der Waals surface area contributed by atoms with Crippen molar-refractivity contribution in [2.45, 2.75) is 64.2 Å². The molecule has 1 aliphatic carbocycles. The lowest BCUT2D eigenvalue weighted by molar-refractivity contribution is -0.131. The van der Waals surface area contributed by atoms with E-state index >= 15 is 0 Å². The highest BCUT2D eigenvalue weighted by Crippen LogP contribution is 2.45. The van der Waals surface area contributed by atoms with Gasteiger partial charge in [0.25, 0.3) is 0 Å². The zero-order chi connectivity index (χ0) is 19.5. The molecule has 1 atom stereocenters. The molecule has 1 N–H and O–H groups in total. The van der Waals surface area contributed by atoms with Crippen LogP contribution in [0, 0.1) is 5.92 Å². The minimum absolute atomic E-state index is 0.0377. The highest BCUT2D eigenvalue weighted by Gasteiger charge is 2.48. The van der Waals surface area contributed by atoms with Crippen molar-refractivity contribution in [1.82, 2.24) is 10.4 Å². The van der Waals surface area contributed by atoms with E-state index in [1.807, 2.05) is 51.1 Å². The number of carbonyl (C=O) groups excluding carboxylic acids is 2. The third-order valence-corrected chi connectivity index (χ3v) is 4.93. The third-order valence-electron chi connectivity index (χ3n) is 4.93. The van der Waals surface area contributed by atoms with Gasteiger partial charge in [0.15, 0.2) is 0 Å². The zero-order valence-corrected chi connectivity index (χ0v) is 16.3. The molecule has 1 saturated heterocycles. The number of allylic oxidation sites excluding steroid dienone is 1. The zero-order valence-electron chi connectivity index (χ0n) is 16.3. The van der Waals surface area contributed by atoms with E-state index in [1.165, 1.54) is 0 Å². The smallest absolute Gasteiger partial charge is 0.408 e. The van der Waals surface area contributed by atoms with Crippen LogP contribution in [0.3, 0.4) is 0 Å². The Kier molecular flexibility index (Phi) is 5.59. The van der Waals surface area contributed by atoms with Crippen LogP contribution in [0.15, 0.2) is 36.0 Å². The van der Waals surface area contributed by atoms with Crippen LogP contribution in [-0.4, -0.2) is 34.8 Å². The Morgan fingerprint density at radius 3 is 2.59 bits per heavy atom. The Morgan fingerprint density at radius 2 is 2.00 bits per heavy atom. The van der Waals surface area contributed by atoms with Crippen molar-refractivity contribution in [2.75, 3.05) is 6.54 Å². The quantitative estimate of drug-likeness (QED) is 0.773. The molecule has 1 unspecified atom stereocenters. The van der Waals surface area contributed by atoms with Crippen LogP contribution in [0.4, 0.5) is 4.79 Å². The molecule has 146 valence electrons. The number of carbonyl (C=O) groups is 1. The fraction of sp³-hybridized carbons (Fsp3) is 0.571. The number of hydroxylamine groups is 2. The van der Waals surface area contributed by atoms with Crippen LogP contribution in [0.1, 0.15) is 52.0 Å². The normalized spacial score (nSPS) is 20.9. The minimum Gasteiger partial charge on any atom is -0.444 e. The number of nitrogens with one attached hydrogen (secondary N) is 1. The summed E-state index contributed by atoms with van der Waals surface area (Å²) in [5.41, 5.74) is 0.799. The van der Waals surface area contributed by atoms with Crippen LogP contribution in [0.25, 0.3) is 0 Å². The molecule has 0 bridgehead atoms. The topological polar surface area (TPSA) is 67.9 Å². The van der Waals surface area contributed by atoms with Gasteiger partial charge in [0.05, 0.1) is 6.61 Å². The van der Waals surface area contributed by atoms with Crippen molar-refractivity contribution in [2.24, 2.45) is 5.92 Å². The average molecular weight is 372 g/mol. The van der Waals surface area contributed by atoms with Crippen molar-refractivity contribution in [3.05, 3.63) is 41.6 Å². The molecule has 1 aliphatic heterocycles. The maximum Gasteiger partial charge on any atom is 0.408 e. The molecule has 0 radical (unpaired) electrons. The van der Waals surface area contributed by atoms with Crippen molar-refractivity contribution < 1.29 is 19.2 Å². The van der Waals surface area contributed by atoms with E-state index in [0.29, 0.717) is 25.3 Å². The Balaban J connectivity index is 1.55. The van der Waals surface area contributed by atoms with Gasteiger partial charge in [-0.05, 0) is 52.0 Å². The molecule has 1 heterocycles. The highest BCUT2D eigenvalue weighted by atomic mass is 16.7. The first-order valence-electron chi connectivity index (χ1n) is 9.51. The second kappa shape index (κ2) is 7.75. The van der Waals surface area contributed by atoms with E-state index in [4.69, 9.17) is 9.57 Å². The number of alkyl carbamates (subject to hydrolysis) is 1. The van der Waals surface area contributed by atoms with E-state index in [2.05, 4.69) is 11.3 Å². The summed E-state index contributed by atoms with van der Waals surface area (Å²) in [5.74, 6) is 2.10. The Bertz CT molecular complexity index is 715. The largest absolute Gasteiger partial charge is 0.444 e. The number of hydrogen-bond acceptors (Lipinski definition) is 5. The lowest BCUT2D eigenvalue weighted by Gasteiger charge is -2.25. The van der Waals surface area contributed by atoms with Crippen LogP contribution in [0.2, 0.25) is 0 Å². The molecule has 6 nitrogen and oxygen atoms in total. The summed E-state index contributed by atoms with van der Waals surface area (Å²) in [5, 5.41) is 4.67. The van der Waals surface area contributed by atoms with E-state index in [1.54, 1.807) is 5.06 Å². The van der Waals surface area contributed by atoms with Crippen molar-refractivity contribution >= 4 is 12.0 Å².